The lowest BCUT2D eigenvalue weighted by molar-refractivity contribution is -0.870. The van der Waals surface area contributed by atoms with Gasteiger partial charge in [-0.25, -0.2) is 4.57 Å². The molecule has 0 rings (SSSR count). The molecule has 0 heterocycles. The van der Waals surface area contributed by atoms with Gasteiger partial charge in [0.2, 0.25) is 0 Å². The Morgan fingerprint density at radius 2 is 1.10 bits per heavy atom. The number of hydrogen-bond donors (Lipinski definition) is 3. The minimum atomic E-state index is -4.46. The number of phosphoric ester groups is 1. The van der Waals surface area contributed by atoms with E-state index in [1.165, 1.54) is 38.5 Å². The predicted molar refractivity (Wildman–Crippen MR) is 236 cm³/mol. The van der Waals surface area contributed by atoms with E-state index in [-0.39, 0.29) is 45.3 Å². The number of allylic oxidation sites excluding steroid dienone is 9. The number of quaternary nitrogens is 1. The lowest BCUT2D eigenvalue weighted by Crippen LogP contribution is -2.37. The van der Waals surface area contributed by atoms with Crippen molar-refractivity contribution in [1.29, 1.82) is 0 Å². The van der Waals surface area contributed by atoms with Crippen LogP contribution in [0.1, 0.15) is 155 Å². The zero-order valence-corrected chi connectivity index (χ0v) is 37.9. The first-order chi connectivity index (χ1) is 27.8. The third-order valence-electron chi connectivity index (χ3n) is 9.22. The molecule has 58 heavy (non-hydrogen) atoms. The summed E-state index contributed by atoms with van der Waals surface area (Å²) in [6, 6.07) is 0. The fraction of sp³-hybridized carbons (Fsp3) is 0.739. The molecule has 0 aromatic heterocycles. The molecule has 0 aliphatic heterocycles. The Kier molecular flexibility index (Phi) is 36.1. The van der Waals surface area contributed by atoms with Gasteiger partial charge in [0.05, 0.1) is 40.0 Å². The smallest absolute Gasteiger partial charge is 0.462 e. The Bertz CT molecular complexity index is 1210. The van der Waals surface area contributed by atoms with Crippen LogP contribution in [0.3, 0.4) is 0 Å². The zero-order chi connectivity index (χ0) is 43.2. The summed E-state index contributed by atoms with van der Waals surface area (Å²) in [5.41, 5.74) is 0. The molecular weight excluding hydrogens is 757 g/mol. The molecule has 3 unspecified atom stereocenters. The molecule has 12 heteroatoms. The van der Waals surface area contributed by atoms with Gasteiger partial charge >= 0.3 is 19.8 Å². The summed E-state index contributed by atoms with van der Waals surface area (Å²) < 4.78 is 34.0. The van der Waals surface area contributed by atoms with Crippen LogP contribution in [0.15, 0.2) is 60.8 Å². The maximum atomic E-state index is 12.7. The van der Waals surface area contributed by atoms with Crippen LogP contribution >= 0.6 is 7.82 Å². The van der Waals surface area contributed by atoms with Gasteiger partial charge in [0, 0.05) is 12.8 Å². The second-order valence-corrected chi connectivity index (χ2v) is 17.5. The Balaban J connectivity index is 4.65. The normalized spacial score (nSPS) is 15.2. The second-order valence-electron chi connectivity index (χ2n) is 16.0. The van der Waals surface area contributed by atoms with Crippen molar-refractivity contribution in [2.24, 2.45) is 0 Å². The Labute approximate surface area is 352 Å². The molecule has 4 atom stereocenters. The zero-order valence-electron chi connectivity index (χ0n) is 37.0. The fourth-order valence-electron chi connectivity index (χ4n) is 5.56. The number of rotatable bonds is 39. The number of hydrogen-bond acceptors (Lipinski definition) is 9. The first-order valence-electron chi connectivity index (χ1n) is 22.2. The minimum Gasteiger partial charge on any atom is -0.462 e. The maximum absolute atomic E-state index is 12.7. The number of carbonyl (C=O) groups is 2. The van der Waals surface area contributed by atoms with Gasteiger partial charge < -0.3 is 29.1 Å². The van der Waals surface area contributed by atoms with E-state index in [9.17, 15) is 29.3 Å². The van der Waals surface area contributed by atoms with E-state index in [0.29, 0.717) is 17.4 Å². The van der Waals surface area contributed by atoms with Crippen molar-refractivity contribution in [2.75, 3.05) is 47.5 Å². The Morgan fingerprint density at radius 1 is 0.603 bits per heavy atom. The number of phosphoric acid groups is 1. The van der Waals surface area contributed by atoms with Crippen molar-refractivity contribution in [3.8, 4) is 0 Å². The molecule has 0 amide bonds. The van der Waals surface area contributed by atoms with Crippen molar-refractivity contribution >= 4 is 19.8 Å². The van der Waals surface area contributed by atoms with Crippen molar-refractivity contribution in [1.82, 2.24) is 0 Å². The number of ether oxygens (including phenoxy) is 2. The Morgan fingerprint density at radius 3 is 1.67 bits per heavy atom. The molecule has 0 aliphatic carbocycles. The molecule has 0 saturated heterocycles. The first kappa shape index (κ1) is 55.6. The van der Waals surface area contributed by atoms with Crippen molar-refractivity contribution in [3.63, 3.8) is 0 Å². The fourth-order valence-corrected chi connectivity index (χ4v) is 6.30. The molecule has 3 N–H and O–H groups in total. The summed E-state index contributed by atoms with van der Waals surface area (Å²) in [7, 11) is 1.28. The summed E-state index contributed by atoms with van der Waals surface area (Å²) in [6.45, 7) is 3.99. The lowest BCUT2D eigenvalue weighted by atomic mass is 10.0. The summed E-state index contributed by atoms with van der Waals surface area (Å²) >= 11 is 0. The highest BCUT2D eigenvalue weighted by Crippen LogP contribution is 2.43. The van der Waals surface area contributed by atoms with Crippen LogP contribution in [0, 0.1) is 0 Å². The second kappa shape index (κ2) is 37.6. The van der Waals surface area contributed by atoms with Crippen molar-refractivity contribution < 1.29 is 52.3 Å². The predicted octanol–water partition coefficient (Wildman–Crippen LogP) is 10.4. The highest BCUT2D eigenvalue weighted by Gasteiger charge is 2.27. The molecule has 0 aromatic carbocycles. The van der Waals surface area contributed by atoms with E-state index < -0.39 is 44.7 Å². The minimum absolute atomic E-state index is 0.0254. The molecule has 11 nitrogen and oxygen atoms in total. The highest BCUT2D eigenvalue weighted by atomic mass is 31.2. The number of aliphatic hydroxyl groups excluding tert-OH is 2. The van der Waals surface area contributed by atoms with Gasteiger partial charge in [-0.05, 0) is 83.5 Å². The van der Waals surface area contributed by atoms with Gasteiger partial charge in [-0.15, -0.1) is 0 Å². The summed E-state index contributed by atoms with van der Waals surface area (Å²) in [5, 5.41) is 20.8. The standard InChI is InChI=1S/C46H82NO10P/c1-6-8-10-12-14-16-18-20-21-22-24-26-28-30-32-36-45(50)54-40-42(41-56-58(52,53)55-39-38-47(3,4)5)57-46(51)37-33-35-44(49)43(48)34-31-29-27-25-23-19-17-15-13-11-9-7-2/h14-17,20-21,23,25,29,31,42-44,48-49H,6-13,18-19,22,24,26-28,30,32-41H2,1-5H3/p+1/b16-14-,17-15-,21-20-,25-23-,31-29-/t42-,43?,44?/m1/s1. The number of esters is 2. The molecule has 0 aromatic rings. The molecule has 0 bridgehead atoms. The first-order valence-corrected chi connectivity index (χ1v) is 23.7. The third-order valence-corrected chi connectivity index (χ3v) is 10.2. The quantitative estimate of drug-likeness (QED) is 0.0180. The van der Waals surface area contributed by atoms with Crippen LogP contribution in [-0.4, -0.2) is 97.3 Å². The van der Waals surface area contributed by atoms with Gasteiger partial charge in [-0.2, -0.15) is 0 Å². The largest absolute Gasteiger partial charge is 0.472 e. The van der Waals surface area contributed by atoms with E-state index in [1.54, 1.807) is 0 Å². The van der Waals surface area contributed by atoms with Crippen LogP contribution in [-0.2, 0) is 32.7 Å². The molecule has 0 radical (unpaired) electrons. The van der Waals surface area contributed by atoms with Gasteiger partial charge in [-0.1, -0.05) is 120 Å². The Hall–Kier alpha value is -2.37. The van der Waals surface area contributed by atoms with Crippen LogP contribution in [0.2, 0.25) is 0 Å². The van der Waals surface area contributed by atoms with Crippen LogP contribution < -0.4 is 0 Å². The molecular formula is C46H83NO10P+. The highest BCUT2D eigenvalue weighted by molar-refractivity contribution is 7.47. The average molecular weight is 841 g/mol. The van der Waals surface area contributed by atoms with E-state index in [2.05, 4.69) is 62.5 Å². The molecule has 0 saturated carbocycles. The van der Waals surface area contributed by atoms with Gasteiger partial charge in [0.25, 0.3) is 0 Å². The number of nitrogens with zero attached hydrogens (tertiary/aromatic N) is 1. The third kappa shape index (κ3) is 39.1. The van der Waals surface area contributed by atoms with E-state index in [0.717, 1.165) is 64.2 Å². The molecule has 0 fully saturated rings. The number of carbonyl (C=O) groups excluding carboxylic acids is 2. The average Bonchev–Trinajstić information content (AvgIpc) is 3.17. The number of unbranched alkanes of at least 4 members (excludes halogenated alkanes) is 11. The van der Waals surface area contributed by atoms with Crippen molar-refractivity contribution in [2.45, 2.75) is 173 Å². The summed E-state index contributed by atoms with van der Waals surface area (Å²) in [6.07, 6.45) is 37.2. The van der Waals surface area contributed by atoms with Crippen LogP contribution in [0.4, 0.5) is 0 Å². The molecule has 336 valence electrons. The van der Waals surface area contributed by atoms with Gasteiger partial charge in [0.1, 0.15) is 19.8 Å². The van der Waals surface area contributed by atoms with Gasteiger partial charge in [0.15, 0.2) is 6.10 Å². The van der Waals surface area contributed by atoms with Crippen LogP contribution in [0.25, 0.3) is 0 Å². The SMILES string of the molecule is CCCCC/C=C\C/C=C\C/C=C\CC(O)C(O)CCCC(=O)O[C@H](COC(=O)CCCCCCC/C=C\C/C=C\CCCCC)COP(=O)(O)OCC[N+](C)(C)C. The molecule has 0 spiro atoms. The summed E-state index contributed by atoms with van der Waals surface area (Å²) in [5.74, 6) is -1.10. The van der Waals surface area contributed by atoms with E-state index in [1.807, 2.05) is 33.3 Å². The monoisotopic (exact) mass is 841 g/mol. The number of likely N-dealkylation sites (N-methyl/N-ethyl adjacent to an activating group) is 1. The maximum Gasteiger partial charge on any atom is 0.472 e. The topological polar surface area (TPSA) is 149 Å². The van der Waals surface area contributed by atoms with Crippen molar-refractivity contribution in [3.05, 3.63) is 60.8 Å². The van der Waals surface area contributed by atoms with E-state index >= 15 is 0 Å². The lowest BCUT2D eigenvalue weighted by Gasteiger charge is -2.24. The number of aliphatic hydroxyl groups is 2. The molecule has 0 aliphatic rings. The van der Waals surface area contributed by atoms with Crippen LogP contribution in [0.5, 0.6) is 0 Å². The van der Waals surface area contributed by atoms with E-state index in [4.69, 9.17) is 18.5 Å². The van der Waals surface area contributed by atoms with Gasteiger partial charge in [-0.3, -0.25) is 18.6 Å². The summed E-state index contributed by atoms with van der Waals surface area (Å²) in [4.78, 5) is 35.4.